The maximum atomic E-state index is 13.5. The molecule has 0 saturated carbocycles. The molecule has 0 unspecified atom stereocenters. The highest BCUT2D eigenvalue weighted by Crippen LogP contribution is 2.17. The van der Waals surface area contributed by atoms with Gasteiger partial charge in [-0.15, -0.1) is 0 Å². The summed E-state index contributed by atoms with van der Waals surface area (Å²) in [5.74, 6) is -1.05. The van der Waals surface area contributed by atoms with Crippen LogP contribution in [0.5, 0.6) is 5.75 Å². The predicted molar refractivity (Wildman–Crippen MR) is 80.6 cm³/mol. The summed E-state index contributed by atoms with van der Waals surface area (Å²) in [6.07, 6.45) is 0. The van der Waals surface area contributed by atoms with Gasteiger partial charge in [0.1, 0.15) is 0 Å². The zero-order valence-electron chi connectivity index (χ0n) is 12.0. The second kappa shape index (κ2) is 8.38. The number of carbonyl (C=O) groups excluding carboxylic acids is 1. The van der Waals surface area contributed by atoms with Gasteiger partial charge in [-0.1, -0.05) is 0 Å². The van der Waals surface area contributed by atoms with Crippen LogP contribution in [0, 0.1) is 5.82 Å². The Morgan fingerprint density at radius 3 is 2.67 bits per heavy atom. The first-order valence-electron chi connectivity index (χ1n) is 6.17. The van der Waals surface area contributed by atoms with Crippen LogP contribution in [0.2, 0.25) is 0 Å². The minimum Gasteiger partial charge on any atom is -0.494 e. The van der Waals surface area contributed by atoms with Gasteiger partial charge in [0.2, 0.25) is 0 Å². The molecule has 6 nitrogen and oxygen atoms in total. The highest BCUT2D eigenvalue weighted by atomic mass is 32.1. The van der Waals surface area contributed by atoms with Crippen LogP contribution in [0.25, 0.3) is 0 Å². The summed E-state index contributed by atoms with van der Waals surface area (Å²) in [7, 11) is 2.93. The maximum absolute atomic E-state index is 13.5. The van der Waals surface area contributed by atoms with E-state index in [-0.39, 0.29) is 22.5 Å². The van der Waals surface area contributed by atoms with Gasteiger partial charge in [-0.05, 0) is 37.3 Å². The molecular weight excluding hydrogens is 297 g/mol. The van der Waals surface area contributed by atoms with Crippen molar-refractivity contribution in [1.82, 2.24) is 16.2 Å². The fourth-order valence-electron chi connectivity index (χ4n) is 1.54. The van der Waals surface area contributed by atoms with Crippen LogP contribution in [0.15, 0.2) is 18.2 Å². The first-order chi connectivity index (χ1) is 9.97. The van der Waals surface area contributed by atoms with Crippen LogP contribution in [0.3, 0.4) is 0 Å². The molecule has 116 valence electrons. The zero-order chi connectivity index (χ0) is 15.8. The predicted octanol–water partition coefficient (Wildman–Crippen LogP) is 0.978. The largest absolute Gasteiger partial charge is 0.494 e. The summed E-state index contributed by atoms with van der Waals surface area (Å²) in [5.41, 5.74) is 5.05. The molecule has 0 aliphatic rings. The number of nitrogens with one attached hydrogen (secondary N) is 3. The molecule has 1 aromatic carbocycles. The van der Waals surface area contributed by atoms with E-state index in [0.717, 1.165) is 6.07 Å². The van der Waals surface area contributed by atoms with Gasteiger partial charge in [0, 0.05) is 18.7 Å². The Hall–Kier alpha value is -1.93. The van der Waals surface area contributed by atoms with Gasteiger partial charge in [0.05, 0.1) is 13.7 Å². The lowest BCUT2D eigenvalue weighted by molar-refractivity contribution is 0.0943. The Balaban J connectivity index is 2.50. The molecule has 1 amide bonds. The van der Waals surface area contributed by atoms with E-state index in [1.807, 2.05) is 6.92 Å². The Labute approximate surface area is 128 Å². The van der Waals surface area contributed by atoms with Crippen LogP contribution in [0.1, 0.15) is 17.3 Å². The van der Waals surface area contributed by atoms with Gasteiger partial charge >= 0.3 is 0 Å². The number of hydrogen-bond acceptors (Lipinski definition) is 4. The summed E-state index contributed by atoms with van der Waals surface area (Å²) < 4.78 is 23.2. The molecule has 1 rings (SSSR count). The number of hydrazine groups is 1. The molecule has 0 aliphatic carbocycles. The third-order valence-electron chi connectivity index (χ3n) is 2.50. The van der Waals surface area contributed by atoms with Crippen molar-refractivity contribution in [2.24, 2.45) is 0 Å². The summed E-state index contributed by atoms with van der Waals surface area (Å²) >= 11 is 4.99. The molecule has 3 N–H and O–H groups in total. The normalized spacial score (nSPS) is 11.4. The first kappa shape index (κ1) is 17.1. The Morgan fingerprint density at radius 1 is 1.38 bits per heavy atom. The minimum absolute atomic E-state index is 0.00895. The maximum Gasteiger partial charge on any atom is 0.269 e. The summed E-state index contributed by atoms with van der Waals surface area (Å²) in [6.45, 7) is 2.34. The molecule has 0 bridgehead atoms. The molecule has 0 saturated heterocycles. The SMILES string of the molecule is COC[C@@H](C)NC(=S)NNC(=O)c1ccc(OC)c(F)c1. The van der Waals surface area contributed by atoms with E-state index >= 15 is 0 Å². The van der Waals surface area contributed by atoms with E-state index in [9.17, 15) is 9.18 Å². The number of benzene rings is 1. The topological polar surface area (TPSA) is 71.6 Å². The lowest BCUT2D eigenvalue weighted by Gasteiger charge is -2.16. The smallest absolute Gasteiger partial charge is 0.269 e. The van der Waals surface area contributed by atoms with Crippen LogP contribution < -0.4 is 20.9 Å². The molecule has 21 heavy (non-hydrogen) atoms. The Morgan fingerprint density at radius 2 is 2.10 bits per heavy atom. The standard InChI is InChI=1S/C13H18FN3O3S/c1-8(7-19-2)15-13(21)17-16-12(18)9-4-5-11(20-3)10(14)6-9/h4-6,8H,7H2,1-3H3,(H,16,18)(H2,15,17,21)/t8-/m1/s1. The molecule has 0 radical (unpaired) electrons. The minimum atomic E-state index is -0.612. The molecule has 0 heterocycles. The number of carbonyl (C=O) groups is 1. The van der Waals surface area contributed by atoms with Crippen LogP contribution >= 0.6 is 12.2 Å². The number of hydrogen-bond donors (Lipinski definition) is 3. The molecule has 8 heteroatoms. The average molecular weight is 315 g/mol. The van der Waals surface area contributed by atoms with E-state index in [4.69, 9.17) is 21.7 Å². The number of rotatable bonds is 5. The van der Waals surface area contributed by atoms with Gasteiger partial charge in [0.15, 0.2) is 16.7 Å². The highest BCUT2D eigenvalue weighted by Gasteiger charge is 2.10. The van der Waals surface area contributed by atoms with Crippen molar-refractivity contribution in [3.63, 3.8) is 0 Å². The summed E-state index contributed by atoms with van der Waals surface area (Å²) in [6, 6.07) is 3.90. The van der Waals surface area contributed by atoms with Gasteiger partial charge in [-0.25, -0.2) is 4.39 Å². The molecule has 0 aromatic heterocycles. The number of methoxy groups -OCH3 is 2. The van der Waals surface area contributed by atoms with E-state index in [1.165, 1.54) is 19.2 Å². The van der Waals surface area contributed by atoms with Crippen LogP contribution in [-0.4, -0.2) is 37.9 Å². The molecule has 1 aromatic rings. The monoisotopic (exact) mass is 315 g/mol. The van der Waals surface area contributed by atoms with Gasteiger partial charge in [-0.2, -0.15) is 0 Å². The van der Waals surface area contributed by atoms with E-state index in [1.54, 1.807) is 7.11 Å². The second-order valence-corrected chi connectivity index (χ2v) is 4.67. The molecule has 0 fully saturated rings. The third kappa shape index (κ3) is 5.52. The number of halogens is 1. The van der Waals surface area contributed by atoms with Crippen molar-refractivity contribution >= 4 is 23.2 Å². The number of thiocarbonyl (C=S) groups is 1. The third-order valence-corrected chi connectivity index (χ3v) is 2.72. The number of ether oxygens (including phenoxy) is 2. The van der Waals surface area contributed by atoms with Crippen molar-refractivity contribution in [3.8, 4) is 5.75 Å². The van der Waals surface area contributed by atoms with Crippen molar-refractivity contribution in [1.29, 1.82) is 0 Å². The van der Waals surface area contributed by atoms with Gasteiger partial charge < -0.3 is 14.8 Å². The van der Waals surface area contributed by atoms with Crippen LogP contribution in [0.4, 0.5) is 4.39 Å². The fraction of sp³-hybridized carbons (Fsp3) is 0.385. The first-order valence-corrected chi connectivity index (χ1v) is 6.58. The van der Waals surface area contributed by atoms with Gasteiger partial charge in [-0.3, -0.25) is 15.6 Å². The average Bonchev–Trinajstić information content (AvgIpc) is 2.44. The summed E-state index contributed by atoms with van der Waals surface area (Å²) in [4.78, 5) is 11.8. The Bertz CT molecular complexity index is 513. The quantitative estimate of drug-likeness (QED) is 0.556. The lowest BCUT2D eigenvalue weighted by Crippen LogP contribution is -2.49. The highest BCUT2D eigenvalue weighted by molar-refractivity contribution is 7.80. The van der Waals surface area contributed by atoms with Crippen LogP contribution in [-0.2, 0) is 4.74 Å². The van der Waals surface area contributed by atoms with Crippen molar-refractivity contribution in [2.75, 3.05) is 20.8 Å². The molecule has 0 aliphatic heterocycles. The molecule has 0 spiro atoms. The zero-order valence-corrected chi connectivity index (χ0v) is 12.8. The van der Waals surface area contributed by atoms with Crippen molar-refractivity contribution in [2.45, 2.75) is 13.0 Å². The second-order valence-electron chi connectivity index (χ2n) is 4.26. The molecule has 1 atom stereocenters. The van der Waals surface area contributed by atoms with E-state index < -0.39 is 11.7 Å². The van der Waals surface area contributed by atoms with Crippen molar-refractivity contribution < 1.29 is 18.7 Å². The van der Waals surface area contributed by atoms with Gasteiger partial charge in [0.25, 0.3) is 5.91 Å². The molecular formula is C13H18FN3O3S. The lowest BCUT2D eigenvalue weighted by atomic mass is 10.2. The van der Waals surface area contributed by atoms with Crippen molar-refractivity contribution in [3.05, 3.63) is 29.6 Å². The summed E-state index contributed by atoms with van der Waals surface area (Å²) in [5, 5.41) is 3.14. The van der Waals surface area contributed by atoms with E-state index in [0.29, 0.717) is 6.61 Å². The Kier molecular flexibility index (Phi) is 6.83. The number of amides is 1. The van der Waals surface area contributed by atoms with E-state index in [2.05, 4.69) is 16.2 Å². The fourth-order valence-corrected chi connectivity index (χ4v) is 1.80.